The molecular weight excluding hydrogens is 498 g/mol. The van der Waals surface area contributed by atoms with Gasteiger partial charge in [0, 0.05) is 43.7 Å². The van der Waals surface area contributed by atoms with Gasteiger partial charge in [0.2, 0.25) is 0 Å². The van der Waals surface area contributed by atoms with Crippen molar-refractivity contribution in [3.05, 3.63) is 59.2 Å². The van der Waals surface area contributed by atoms with E-state index < -0.39 is 0 Å². The number of amides is 2. The third-order valence-corrected chi connectivity index (χ3v) is 8.95. The number of benzene rings is 2. The summed E-state index contributed by atoms with van der Waals surface area (Å²) in [5.74, 6) is 1.54. The van der Waals surface area contributed by atoms with Crippen LogP contribution in [0.2, 0.25) is 0 Å². The molecular formula is C33H43N5O2. The number of carbonyl (C=O) groups is 1. The molecule has 0 aromatic heterocycles. The van der Waals surface area contributed by atoms with Gasteiger partial charge in [-0.3, -0.25) is 9.89 Å². The van der Waals surface area contributed by atoms with Gasteiger partial charge < -0.3 is 9.64 Å². The van der Waals surface area contributed by atoms with Crippen molar-refractivity contribution in [1.82, 2.24) is 9.91 Å². The summed E-state index contributed by atoms with van der Waals surface area (Å²) < 4.78 is 5.67. The zero-order chi connectivity index (χ0) is 27.6. The highest BCUT2D eigenvalue weighted by atomic mass is 16.5. The summed E-state index contributed by atoms with van der Waals surface area (Å²) >= 11 is 0. The first-order valence-electron chi connectivity index (χ1n) is 15.3. The lowest BCUT2D eigenvalue weighted by Gasteiger charge is -2.33. The number of amidine groups is 1. The zero-order valence-corrected chi connectivity index (χ0v) is 24.3. The quantitative estimate of drug-likeness (QED) is 0.409. The van der Waals surface area contributed by atoms with Crippen LogP contribution in [0.4, 0.5) is 16.2 Å². The number of hydrogen-bond donors (Lipinski definition) is 0. The molecule has 6 rings (SSSR count). The highest BCUT2D eigenvalue weighted by molar-refractivity contribution is 6.14. The van der Waals surface area contributed by atoms with Gasteiger partial charge in [-0.15, -0.1) is 0 Å². The molecule has 2 aromatic rings. The van der Waals surface area contributed by atoms with E-state index >= 15 is 0 Å². The highest BCUT2D eigenvalue weighted by Gasteiger charge is 2.37. The molecule has 2 amide bonds. The average molecular weight is 542 g/mol. The Labute approximate surface area is 238 Å². The molecule has 3 aliphatic heterocycles. The van der Waals surface area contributed by atoms with Crippen molar-refractivity contribution in [2.75, 3.05) is 31.2 Å². The smallest absolute Gasteiger partial charge is 0.349 e. The summed E-state index contributed by atoms with van der Waals surface area (Å²) in [6, 6.07) is 15.5. The lowest BCUT2D eigenvalue weighted by molar-refractivity contribution is 0.0480. The van der Waals surface area contributed by atoms with Crippen molar-refractivity contribution in [1.29, 1.82) is 0 Å². The van der Waals surface area contributed by atoms with Gasteiger partial charge in [0.25, 0.3) is 0 Å². The van der Waals surface area contributed by atoms with E-state index in [0.29, 0.717) is 25.2 Å². The van der Waals surface area contributed by atoms with Crippen molar-refractivity contribution < 1.29 is 9.53 Å². The van der Waals surface area contributed by atoms with E-state index in [0.717, 1.165) is 79.2 Å². The molecule has 4 aliphatic rings. The van der Waals surface area contributed by atoms with Crippen molar-refractivity contribution in [2.24, 2.45) is 16.0 Å². The monoisotopic (exact) mass is 541 g/mol. The van der Waals surface area contributed by atoms with Crippen molar-refractivity contribution in [3.63, 3.8) is 0 Å². The number of nitrogens with zero attached hydrogens (tertiary/aromatic N) is 5. The van der Waals surface area contributed by atoms with Crippen LogP contribution in [0.25, 0.3) is 0 Å². The van der Waals surface area contributed by atoms with Crippen LogP contribution in [-0.4, -0.2) is 65.9 Å². The second-order valence-corrected chi connectivity index (χ2v) is 12.1. The van der Waals surface area contributed by atoms with Crippen molar-refractivity contribution in [3.8, 4) is 0 Å². The Balaban J connectivity index is 1.38. The lowest BCUT2D eigenvalue weighted by Crippen LogP contribution is -2.45. The van der Waals surface area contributed by atoms with E-state index in [9.17, 15) is 4.79 Å². The molecule has 0 radical (unpaired) electrons. The third-order valence-electron chi connectivity index (χ3n) is 8.95. The standard InChI is InChI=1S/C33H43N5O2/c1-23(2)36-18-17-34-31(36)22-25-10-12-27(13-11-25)37-30-21-24(3)9-14-29(30)32(26-7-5-4-6-8-26)35-38(33(37)39)28-15-19-40-20-16-28/h9-14,21,23,26,28H,4-8,15-20,22H2,1-3H3. The molecule has 7 nitrogen and oxygen atoms in total. The molecule has 0 unspecified atom stereocenters. The van der Waals surface area contributed by atoms with E-state index in [1.54, 1.807) is 0 Å². The lowest BCUT2D eigenvalue weighted by atomic mass is 9.82. The summed E-state index contributed by atoms with van der Waals surface area (Å²) in [4.78, 5) is 23.6. The zero-order valence-electron chi connectivity index (χ0n) is 24.3. The maximum absolute atomic E-state index is 14.5. The maximum atomic E-state index is 14.5. The number of carbonyl (C=O) groups excluding carboxylic acids is 1. The molecule has 0 bridgehead atoms. The molecule has 40 heavy (non-hydrogen) atoms. The maximum Gasteiger partial charge on any atom is 0.349 e. The number of fused-ring (bicyclic) bond motifs is 1. The van der Waals surface area contributed by atoms with E-state index in [4.69, 9.17) is 14.8 Å². The predicted octanol–water partition coefficient (Wildman–Crippen LogP) is 6.70. The van der Waals surface area contributed by atoms with E-state index in [1.165, 1.54) is 24.8 Å². The van der Waals surface area contributed by atoms with Crippen LogP contribution in [0.1, 0.15) is 75.5 Å². The van der Waals surface area contributed by atoms with Crippen LogP contribution >= 0.6 is 0 Å². The summed E-state index contributed by atoms with van der Waals surface area (Å²) in [5.41, 5.74) is 6.36. The summed E-state index contributed by atoms with van der Waals surface area (Å²) in [7, 11) is 0. The minimum Gasteiger partial charge on any atom is -0.381 e. The highest BCUT2D eigenvalue weighted by Crippen LogP contribution is 2.39. The Morgan fingerprint density at radius 1 is 0.975 bits per heavy atom. The third kappa shape index (κ3) is 5.40. The Morgan fingerprint density at radius 2 is 1.73 bits per heavy atom. The summed E-state index contributed by atoms with van der Waals surface area (Å²) in [6.07, 6.45) is 8.43. The average Bonchev–Trinajstić information content (AvgIpc) is 3.40. The van der Waals surface area contributed by atoms with Gasteiger partial charge in [-0.25, -0.2) is 9.80 Å². The Kier molecular flexibility index (Phi) is 7.92. The molecule has 7 heteroatoms. The van der Waals surface area contributed by atoms with E-state index in [-0.39, 0.29) is 12.1 Å². The molecule has 1 aliphatic carbocycles. The minimum atomic E-state index is -0.0662. The van der Waals surface area contributed by atoms with Crippen molar-refractivity contribution in [2.45, 2.75) is 84.2 Å². The molecule has 1 saturated carbocycles. The molecule has 0 N–H and O–H groups in total. The second kappa shape index (κ2) is 11.7. The first kappa shape index (κ1) is 27.0. The van der Waals surface area contributed by atoms with Gasteiger partial charge in [0.15, 0.2) is 0 Å². The molecule has 2 aromatic carbocycles. The second-order valence-electron chi connectivity index (χ2n) is 12.1. The Morgan fingerprint density at radius 3 is 2.45 bits per heavy atom. The minimum absolute atomic E-state index is 0.0411. The molecule has 212 valence electrons. The number of hydrazone groups is 1. The largest absolute Gasteiger partial charge is 0.381 e. The fourth-order valence-electron chi connectivity index (χ4n) is 6.72. The number of aryl methyl sites for hydroxylation is 1. The van der Waals surface area contributed by atoms with Crippen LogP contribution < -0.4 is 4.90 Å². The van der Waals surface area contributed by atoms with Crippen molar-refractivity contribution >= 4 is 29.0 Å². The fourth-order valence-corrected chi connectivity index (χ4v) is 6.72. The Bertz CT molecular complexity index is 1270. The molecule has 2 fully saturated rings. The van der Waals surface area contributed by atoms with Gasteiger partial charge in [-0.05, 0) is 75.8 Å². The fraction of sp³-hybridized carbons (Fsp3) is 0.545. The molecule has 0 spiro atoms. The number of hydrogen-bond acceptors (Lipinski definition) is 5. The number of aliphatic imine (C=N–C) groups is 1. The van der Waals surface area contributed by atoms with Gasteiger partial charge in [-0.2, -0.15) is 5.10 Å². The molecule has 0 atom stereocenters. The van der Waals surface area contributed by atoms with Gasteiger partial charge in [0.05, 0.1) is 29.7 Å². The normalized spacial score (nSPS) is 21.0. The summed E-state index contributed by atoms with van der Waals surface area (Å²) in [5, 5.41) is 7.05. The molecule has 3 heterocycles. The topological polar surface area (TPSA) is 60.7 Å². The van der Waals surface area contributed by atoms with Crippen LogP contribution in [0, 0.1) is 12.8 Å². The Hall–Kier alpha value is -3.19. The van der Waals surface area contributed by atoms with E-state index in [1.807, 2.05) is 9.91 Å². The number of anilines is 2. The first-order chi connectivity index (χ1) is 19.5. The van der Waals surface area contributed by atoms with Gasteiger partial charge in [-0.1, -0.05) is 43.5 Å². The number of rotatable bonds is 6. The SMILES string of the molecule is Cc1ccc2c(c1)N(c1ccc(CC3=NCCN3C(C)C)cc1)C(=O)N(C1CCOCC1)N=C2C1CCCCC1. The van der Waals surface area contributed by atoms with Gasteiger partial charge >= 0.3 is 6.03 Å². The van der Waals surface area contributed by atoms with E-state index in [2.05, 4.69) is 68.1 Å². The van der Waals surface area contributed by atoms with Crippen LogP contribution in [-0.2, 0) is 11.2 Å². The number of ether oxygens (including phenoxy) is 1. The molecule has 1 saturated heterocycles. The summed E-state index contributed by atoms with van der Waals surface area (Å²) in [6.45, 7) is 9.75. The number of urea groups is 1. The van der Waals surface area contributed by atoms with Crippen LogP contribution in [0.5, 0.6) is 0 Å². The predicted molar refractivity (Wildman–Crippen MR) is 162 cm³/mol. The first-order valence-corrected chi connectivity index (χ1v) is 15.3. The van der Waals surface area contributed by atoms with Gasteiger partial charge in [0.1, 0.15) is 5.84 Å². The van der Waals surface area contributed by atoms with Crippen LogP contribution in [0.3, 0.4) is 0 Å². The van der Waals surface area contributed by atoms with Crippen LogP contribution in [0.15, 0.2) is 52.6 Å².